The van der Waals surface area contributed by atoms with Crippen molar-refractivity contribution < 1.29 is 19.4 Å². The Hall–Kier alpha value is -1.32. The first-order valence-electron chi connectivity index (χ1n) is 4.71. The number of esters is 1. The van der Waals surface area contributed by atoms with E-state index in [1.54, 1.807) is 0 Å². The Morgan fingerprint density at radius 1 is 1.36 bits per heavy atom. The monoisotopic (exact) mass is 200 g/mol. The summed E-state index contributed by atoms with van der Waals surface area (Å²) in [5.41, 5.74) is 0. The van der Waals surface area contributed by atoms with Gasteiger partial charge in [0.25, 0.3) is 0 Å². The van der Waals surface area contributed by atoms with Crippen molar-refractivity contribution in [3.63, 3.8) is 0 Å². The molecule has 0 heterocycles. The van der Waals surface area contributed by atoms with Gasteiger partial charge in [-0.2, -0.15) is 0 Å². The van der Waals surface area contributed by atoms with Gasteiger partial charge in [-0.15, -0.1) is 0 Å². The fourth-order valence-corrected chi connectivity index (χ4v) is 1.01. The van der Waals surface area contributed by atoms with Gasteiger partial charge >= 0.3 is 11.9 Å². The predicted molar refractivity (Wildman–Crippen MR) is 51.9 cm³/mol. The van der Waals surface area contributed by atoms with Crippen molar-refractivity contribution in [2.45, 2.75) is 39.2 Å². The van der Waals surface area contributed by atoms with Gasteiger partial charge in [0.1, 0.15) is 6.10 Å². The van der Waals surface area contributed by atoms with Crippen LogP contribution in [0.1, 0.15) is 33.1 Å². The van der Waals surface area contributed by atoms with E-state index in [1.807, 2.05) is 13.8 Å². The third-order valence-corrected chi connectivity index (χ3v) is 1.71. The Morgan fingerprint density at radius 3 is 2.43 bits per heavy atom. The highest BCUT2D eigenvalue weighted by Gasteiger charge is 2.08. The minimum atomic E-state index is -1.15. The van der Waals surface area contributed by atoms with E-state index in [9.17, 15) is 9.59 Å². The fourth-order valence-electron chi connectivity index (χ4n) is 1.01. The topological polar surface area (TPSA) is 63.6 Å². The van der Waals surface area contributed by atoms with Gasteiger partial charge < -0.3 is 9.84 Å². The lowest BCUT2D eigenvalue weighted by Gasteiger charge is -2.13. The summed E-state index contributed by atoms with van der Waals surface area (Å²) in [6.07, 6.45) is 4.10. The van der Waals surface area contributed by atoms with Crippen LogP contribution in [-0.2, 0) is 14.3 Å². The van der Waals surface area contributed by atoms with Gasteiger partial charge in [0.05, 0.1) is 0 Å². The molecule has 0 rings (SSSR count). The van der Waals surface area contributed by atoms with Gasteiger partial charge in [0.2, 0.25) is 0 Å². The first-order valence-corrected chi connectivity index (χ1v) is 4.71. The van der Waals surface area contributed by atoms with Crippen molar-refractivity contribution in [1.82, 2.24) is 0 Å². The standard InChI is InChI=1S/C10H16O4/c1-3-5-8(4-2)14-10(13)7-6-9(11)12/h6-8H,3-5H2,1-2H3,(H,11,12)/b7-6-. The second-order valence-corrected chi connectivity index (χ2v) is 2.93. The molecule has 0 fully saturated rings. The Bertz CT molecular complexity index is 220. The summed E-state index contributed by atoms with van der Waals surface area (Å²) in [6.45, 7) is 3.93. The molecule has 0 radical (unpaired) electrons. The van der Waals surface area contributed by atoms with Gasteiger partial charge in [0, 0.05) is 12.2 Å². The van der Waals surface area contributed by atoms with Crippen LogP contribution in [0.25, 0.3) is 0 Å². The van der Waals surface area contributed by atoms with Crippen LogP contribution in [-0.4, -0.2) is 23.1 Å². The van der Waals surface area contributed by atoms with Crippen molar-refractivity contribution in [2.24, 2.45) is 0 Å². The van der Waals surface area contributed by atoms with Crippen molar-refractivity contribution in [2.75, 3.05) is 0 Å². The van der Waals surface area contributed by atoms with Crippen LogP contribution in [0, 0.1) is 0 Å². The molecule has 0 amide bonds. The van der Waals surface area contributed by atoms with E-state index in [2.05, 4.69) is 0 Å². The smallest absolute Gasteiger partial charge is 0.331 e. The summed E-state index contributed by atoms with van der Waals surface area (Å²) in [5.74, 6) is -1.74. The number of ether oxygens (including phenoxy) is 1. The molecule has 1 atom stereocenters. The number of aliphatic carboxylic acids is 1. The Balaban J connectivity index is 3.96. The van der Waals surface area contributed by atoms with Gasteiger partial charge in [-0.1, -0.05) is 20.3 Å². The zero-order chi connectivity index (χ0) is 11.0. The van der Waals surface area contributed by atoms with E-state index in [4.69, 9.17) is 9.84 Å². The molecule has 0 bridgehead atoms. The third kappa shape index (κ3) is 6.22. The number of carbonyl (C=O) groups is 2. The molecular weight excluding hydrogens is 184 g/mol. The van der Waals surface area contributed by atoms with Crippen LogP contribution in [0.4, 0.5) is 0 Å². The number of carboxylic acids is 1. The summed E-state index contributed by atoms with van der Waals surface area (Å²) >= 11 is 0. The largest absolute Gasteiger partial charge is 0.478 e. The number of carboxylic acid groups (broad SMARTS) is 1. The average Bonchev–Trinajstić information content (AvgIpc) is 2.14. The molecule has 4 heteroatoms. The quantitative estimate of drug-likeness (QED) is 0.524. The molecule has 1 N–H and O–H groups in total. The van der Waals surface area contributed by atoms with E-state index in [-0.39, 0.29) is 6.10 Å². The predicted octanol–water partition coefficient (Wildman–Crippen LogP) is 1.75. The summed E-state index contributed by atoms with van der Waals surface area (Å²) < 4.78 is 5.00. The molecule has 0 aliphatic rings. The Labute approximate surface area is 83.6 Å². The number of hydrogen-bond donors (Lipinski definition) is 1. The number of carbonyl (C=O) groups excluding carboxylic acids is 1. The lowest BCUT2D eigenvalue weighted by molar-refractivity contribution is -0.144. The molecule has 14 heavy (non-hydrogen) atoms. The summed E-state index contributed by atoms with van der Waals surface area (Å²) in [4.78, 5) is 21.1. The molecule has 0 saturated carbocycles. The molecule has 0 aromatic rings. The average molecular weight is 200 g/mol. The normalized spacial score (nSPS) is 12.7. The van der Waals surface area contributed by atoms with Crippen LogP contribution in [0.5, 0.6) is 0 Å². The number of rotatable bonds is 6. The van der Waals surface area contributed by atoms with E-state index in [0.29, 0.717) is 0 Å². The molecule has 1 unspecified atom stereocenters. The first-order chi connectivity index (χ1) is 6.60. The van der Waals surface area contributed by atoms with E-state index >= 15 is 0 Å². The highest BCUT2D eigenvalue weighted by atomic mass is 16.5. The van der Waals surface area contributed by atoms with Gasteiger partial charge in [-0.25, -0.2) is 9.59 Å². The maximum Gasteiger partial charge on any atom is 0.331 e. The van der Waals surface area contributed by atoms with Crippen molar-refractivity contribution in [3.05, 3.63) is 12.2 Å². The van der Waals surface area contributed by atoms with E-state index in [0.717, 1.165) is 31.4 Å². The van der Waals surface area contributed by atoms with E-state index in [1.165, 1.54) is 0 Å². The summed E-state index contributed by atoms with van der Waals surface area (Å²) in [7, 11) is 0. The molecule has 0 aliphatic carbocycles. The Morgan fingerprint density at radius 2 is 2.00 bits per heavy atom. The minimum absolute atomic E-state index is 0.106. The van der Waals surface area contributed by atoms with Crippen LogP contribution in [0.15, 0.2) is 12.2 Å². The second kappa shape index (κ2) is 7.12. The Kier molecular flexibility index (Phi) is 6.45. The molecule has 0 aliphatic heterocycles. The van der Waals surface area contributed by atoms with Crippen LogP contribution >= 0.6 is 0 Å². The molecule has 0 saturated heterocycles. The van der Waals surface area contributed by atoms with Crippen molar-refractivity contribution >= 4 is 11.9 Å². The molecule has 4 nitrogen and oxygen atoms in total. The second-order valence-electron chi connectivity index (χ2n) is 2.93. The minimum Gasteiger partial charge on any atom is -0.478 e. The number of hydrogen-bond acceptors (Lipinski definition) is 3. The highest BCUT2D eigenvalue weighted by Crippen LogP contribution is 2.06. The maximum atomic E-state index is 11.0. The SMILES string of the molecule is CCCC(CC)OC(=O)/C=C\C(=O)O. The van der Waals surface area contributed by atoms with Gasteiger partial charge in [-0.05, 0) is 12.8 Å². The van der Waals surface area contributed by atoms with Gasteiger partial charge in [0.15, 0.2) is 0 Å². The van der Waals surface area contributed by atoms with Crippen LogP contribution < -0.4 is 0 Å². The highest BCUT2D eigenvalue weighted by molar-refractivity contribution is 5.90. The summed E-state index contributed by atoms with van der Waals surface area (Å²) in [6, 6.07) is 0. The summed E-state index contributed by atoms with van der Waals surface area (Å²) in [5, 5.41) is 8.26. The van der Waals surface area contributed by atoms with Gasteiger partial charge in [-0.3, -0.25) is 0 Å². The molecule has 0 spiro atoms. The van der Waals surface area contributed by atoms with Crippen LogP contribution in [0.2, 0.25) is 0 Å². The molecule has 80 valence electrons. The lowest BCUT2D eigenvalue weighted by Crippen LogP contribution is -2.15. The molecular formula is C10H16O4. The lowest BCUT2D eigenvalue weighted by atomic mass is 10.2. The zero-order valence-corrected chi connectivity index (χ0v) is 8.53. The maximum absolute atomic E-state index is 11.0. The third-order valence-electron chi connectivity index (χ3n) is 1.71. The van der Waals surface area contributed by atoms with Crippen LogP contribution in [0.3, 0.4) is 0 Å². The van der Waals surface area contributed by atoms with E-state index < -0.39 is 11.9 Å². The van der Waals surface area contributed by atoms with Crippen molar-refractivity contribution in [3.8, 4) is 0 Å². The molecule has 0 aromatic heterocycles. The molecule has 0 aromatic carbocycles. The first kappa shape index (κ1) is 12.7. The van der Waals surface area contributed by atoms with Crippen molar-refractivity contribution in [1.29, 1.82) is 0 Å². The zero-order valence-electron chi connectivity index (χ0n) is 8.53. The fraction of sp³-hybridized carbons (Fsp3) is 0.600.